The summed E-state index contributed by atoms with van der Waals surface area (Å²) in [5.74, 6) is 0.997. The highest BCUT2D eigenvalue weighted by molar-refractivity contribution is 5.96. The van der Waals surface area contributed by atoms with Gasteiger partial charge in [-0.05, 0) is 44.1 Å². The fourth-order valence-electron chi connectivity index (χ4n) is 4.22. The van der Waals surface area contributed by atoms with Gasteiger partial charge in [-0.3, -0.25) is 4.79 Å². The Hall–Kier alpha value is -3.32. The molecule has 2 aliphatic rings. The number of benzene rings is 2. The van der Waals surface area contributed by atoms with Crippen LogP contribution >= 0.6 is 0 Å². The van der Waals surface area contributed by atoms with Crippen molar-refractivity contribution in [2.75, 3.05) is 33.0 Å². The van der Waals surface area contributed by atoms with Gasteiger partial charge in [-0.15, -0.1) is 0 Å². The summed E-state index contributed by atoms with van der Waals surface area (Å²) in [6, 6.07) is 14.5. The predicted octanol–water partition coefficient (Wildman–Crippen LogP) is 3.26. The topological polar surface area (TPSA) is 72.2 Å². The standard InChI is InChI=1S/C24H24N2O5/c27-23(19-14-17-6-1-2-8-20(17)31-24(19)28)26(13-12-25-10-3-4-11-25)15-18-7-5-9-21-22(18)30-16-29-21/h1-2,5-9,14H,3-4,10-13,15-16H2. The number of ether oxygens (including phenoxy) is 2. The second-order valence-corrected chi connectivity index (χ2v) is 7.91. The lowest BCUT2D eigenvalue weighted by Gasteiger charge is -2.26. The van der Waals surface area contributed by atoms with Crippen LogP contribution in [0.25, 0.3) is 11.0 Å². The van der Waals surface area contributed by atoms with E-state index in [9.17, 15) is 9.59 Å². The van der Waals surface area contributed by atoms with E-state index in [4.69, 9.17) is 13.9 Å². The third kappa shape index (κ3) is 4.01. The van der Waals surface area contributed by atoms with E-state index in [1.165, 1.54) is 12.8 Å². The van der Waals surface area contributed by atoms with E-state index in [1.54, 1.807) is 23.1 Å². The lowest BCUT2D eigenvalue weighted by Crippen LogP contribution is -2.39. The minimum absolute atomic E-state index is 0.0462. The molecule has 160 valence electrons. The van der Waals surface area contributed by atoms with Crippen molar-refractivity contribution in [2.45, 2.75) is 19.4 Å². The van der Waals surface area contributed by atoms with Gasteiger partial charge in [0.15, 0.2) is 11.5 Å². The van der Waals surface area contributed by atoms with Crippen LogP contribution in [0.2, 0.25) is 0 Å². The van der Waals surface area contributed by atoms with Gasteiger partial charge in [0.1, 0.15) is 11.1 Å². The second-order valence-electron chi connectivity index (χ2n) is 7.91. The fraction of sp³-hybridized carbons (Fsp3) is 0.333. The normalized spacial score (nSPS) is 15.5. The molecule has 0 N–H and O–H groups in total. The highest BCUT2D eigenvalue weighted by Crippen LogP contribution is 2.36. The molecule has 1 aromatic heterocycles. The van der Waals surface area contributed by atoms with Gasteiger partial charge in [-0.2, -0.15) is 0 Å². The van der Waals surface area contributed by atoms with Crippen molar-refractivity contribution < 1.29 is 18.7 Å². The molecule has 1 fully saturated rings. The molecular formula is C24H24N2O5. The molecule has 2 aromatic carbocycles. The number of para-hydroxylation sites is 2. The van der Waals surface area contributed by atoms with E-state index in [0.717, 1.165) is 30.6 Å². The Bertz CT molecular complexity index is 1170. The second kappa shape index (κ2) is 8.43. The average molecular weight is 420 g/mol. The highest BCUT2D eigenvalue weighted by atomic mass is 16.7. The molecule has 5 rings (SSSR count). The number of amides is 1. The Kier molecular flexibility index (Phi) is 5.34. The molecule has 3 heterocycles. The quantitative estimate of drug-likeness (QED) is 0.570. The van der Waals surface area contributed by atoms with Crippen LogP contribution in [0.5, 0.6) is 11.5 Å². The first kappa shape index (κ1) is 19.6. The summed E-state index contributed by atoms with van der Waals surface area (Å²) in [7, 11) is 0. The average Bonchev–Trinajstić information content (AvgIpc) is 3.48. The lowest BCUT2D eigenvalue weighted by atomic mass is 10.1. The summed E-state index contributed by atoms with van der Waals surface area (Å²) >= 11 is 0. The number of fused-ring (bicyclic) bond motifs is 2. The zero-order chi connectivity index (χ0) is 21.2. The molecule has 0 aliphatic carbocycles. The largest absolute Gasteiger partial charge is 0.454 e. The summed E-state index contributed by atoms with van der Waals surface area (Å²) in [6.45, 7) is 3.84. The number of carbonyl (C=O) groups excluding carboxylic acids is 1. The summed E-state index contributed by atoms with van der Waals surface area (Å²) < 4.78 is 16.5. The third-order valence-electron chi connectivity index (χ3n) is 5.88. The van der Waals surface area contributed by atoms with E-state index in [0.29, 0.717) is 30.2 Å². The molecule has 2 aliphatic heterocycles. The van der Waals surface area contributed by atoms with Crippen molar-refractivity contribution in [2.24, 2.45) is 0 Å². The third-order valence-corrected chi connectivity index (χ3v) is 5.88. The van der Waals surface area contributed by atoms with Crippen LogP contribution in [0, 0.1) is 0 Å². The Morgan fingerprint density at radius 3 is 2.74 bits per heavy atom. The molecule has 0 unspecified atom stereocenters. The van der Waals surface area contributed by atoms with E-state index in [2.05, 4.69) is 4.90 Å². The molecule has 0 atom stereocenters. The molecule has 0 saturated carbocycles. The first-order chi connectivity index (χ1) is 15.2. The van der Waals surface area contributed by atoms with E-state index in [1.807, 2.05) is 30.3 Å². The smallest absolute Gasteiger partial charge is 0.349 e. The van der Waals surface area contributed by atoms with Crippen molar-refractivity contribution in [3.05, 3.63) is 70.1 Å². The van der Waals surface area contributed by atoms with Crippen LogP contribution in [0.15, 0.2) is 57.7 Å². The summed E-state index contributed by atoms with van der Waals surface area (Å²) in [5, 5.41) is 0.724. The molecule has 31 heavy (non-hydrogen) atoms. The number of hydrogen-bond acceptors (Lipinski definition) is 6. The van der Waals surface area contributed by atoms with Gasteiger partial charge < -0.3 is 23.7 Å². The molecule has 1 amide bonds. The monoisotopic (exact) mass is 420 g/mol. The Labute approximate surface area is 179 Å². The maximum atomic E-state index is 13.5. The van der Waals surface area contributed by atoms with Crippen LogP contribution in [0.4, 0.5) is 0 Å². The molecule has 0 spiro atoms. The zero-order valence-corrected chi connectivity index (χ0v) is 17.2. The Morgan fingerprint density at radius 1 is 1.03 bits per heavy atom. The van der Waals surface area contributed by atoms with Crippen molar-refractivity contribution in [3.63, 3.8) is 0 Å². The van der Waals surface area contributed by atoms with Crippen LogP contribution in [0.3, 0.4) is 0 Å². The Balaban J connectivity index is 1.46. The number of rotatable bonds is 6. The summed E-state index contributed by atoms with van der Waals surface area (Å²) in [6.07, 6.45) is 2.36. The fourth-order valence-corrected chi connectivity index (χ4v) is 4.22. The van der Waals surface area contributed by atoms with Crippen LogP contribution < -0.4 is 15.1 Å². The van der Waals surface area contributed by atoms with Gasteiger partial charge in [0.05, 0.1) is 0 Å². The van der Waals surface area contributed by atoms with E-state index >= 15 is 0 Å². The molecule has 0 radical (unpaired) electrons. The van der Waals surface area contributed by atoms with E-state index < -0.39 is 5.63 Å². The lowest BCUT2D eigenvalue weighted by molar-refractivity contribution is 0.0721. The highest BCUT2D eigenvalue weighted by Gasteiger charge is 2.25. The summed E-state index contributed by atoms with van der Waals surface area (Å²) in [4.78, 5) is 30.2. The molecule has 7 nitrogen and oxygen atoms in total. The molecule has 0 bridgehead atoms. The van der Waals surface area contributed by atoms with Crippen LogP contribution in [-0.4, -0.2) is 48.7 Å². The van der Waals surface area contributed by atoms with Crippen molar-refractivity contribution >= 4 is 16.9 Å². The minimum Gasteiger partial charge on any atom is -0.454 e. The van der Waals surface area contributed by atoms with Crippen LogP contribution in [0.1, 0.15) is 28.8 Å². The van der Waals surface area contributed by atoms with Gasteiger partial charge >= 0.3 is 5.63 Å². The van der Waals surface area contributed by atoms with Crippen LogP contribution in [-0.2, 0) is 6.54 Å². The zero-order valence-electron chi connectivity index (χ0n) is 17.2. The van der Waals surface area contributed by atoms with Gasteiger partial charge in [0, 0.05) is 30.6 Å². The van der Waals surface area contributed by atoms with Gasteiger partial charge in [0.2, 0.25) is 6.79 Å². The maximum Gasteiger partial charge on any atom is 0.349 e. The van der Waals surface area contributed by atoms with Gasteiger partial charge in [-0.1, -0.05) is 30.3 Å². The minimum atomic E-state index is -0.618. The van der Waals surface area contributed by atoms with E-state index in [-0.39, 0.29) is 18.3 Å². The first-order valence-electron chi connectivity index (χ1n) is 10.6. The predicted molar refractivity (Wildman–Crippen MR) is 115 cm³/mol. The number of hydrogen-bond donors (Lipinski definition) is 0. The molecular weight excluding hydrogens is 396 g/mol. The number of carbonyl (C=O) groups is 1. The molecule has 7 heteroatoms. The van der Waals surface area contributed by atoms with Crippen molar-refractivity contribution in [1.29, 1.82) is 0 Å². The number of nitrogens with zero attached hydrogens (tertiary/aromatic N) is 2. The number of likely N-dealkylation sites (tertiary alicyclic amines) is 1. The molecule has 3 aromatic rings. The van der Waals surface area contributed by atoms with Crippen molar-refractivity contribution in [3.8, 4) is 11.5 Å². The first-order valence-corrected chi connectivity index (χ1v) is 10.6. The van der Waals surface area contributed by atoms with Gasteiger partial charge in [-0.25, -0.2) is 4.79 Å². The maximum absolute atomic E-state index is 13.5. The Morgan fingerprint density at radius 2 is 1.87 bits per heavy atom. The summed E-state index contributed by atoms with van der Waals surface area (Å²) in [5.41, 5.74) is 0.756. The SMILES string of the molecule is O=C(c1cc2ccccc2oc1=O)N(CCN1CCCC1)Cc1cccc2c1OCO2. The molecule has 1 saturated heterocycles. The van der Waals surface area contributed by atoms with Crippen molar-refractivity contribution in [1.82, 2.24) is 9.80 Å². The van der Waals surface area contributed by atoms with Gasteiger partial charge in [0.25, 0.3) is 5.91 Å².